The van der Waals surface area contributed by atoms with E-state index in [4.69, 9.17) is 65.9 Å². The number of nitrogens with one attached hydrogen (secondary N) is 6. The van der Waals surface area contributed by atoms with Crippen LogP contribution in [-0.4, -0.2) is 373 Å². The standard InChI is InChI=1S/C60H111N8O32P/c1-38(72)64-48-54(82)51(79)41(35-69)97-57(48)93-29-26-90-23-20-87-17-11-61-44(75)32-67(33-45(76)62-12-18-88-21-24-91-27-30-94-58-49(65-39(2)73)55(83)52(80)42(36-70)98-58)14-15-68(47(78)10-8-7-9-16-96-101(85,86)100-60(4,5)6)34-46(77)63-13-19-89-22-25-92-28-31-95-59-50(66-40(3)74)56(84)53(81)43(37-71)99-59/h41-43,48-59,69-71,79-84H,7-37H2,1-6H3,(H,61,75)(H,62,76)(H,63,77)(H,64,72)(H,65,73)(H,66,74)(H,85,86)/p-1. The van der Waals surface area contributed by atoms with E-state index in [1.54, 1.807) is 20.8 Å². The maximum Gasteiger partial charge on any atom is 0.268 e. The Hall–Kier alpha value is -4.48. The van der Waals surface area contributed by atoms with E-state index in [1.165, 1.54) is 30.6 Å². The summed E-state index contributed by atoms with van der Waals surface area (Å²) in [6, 6.07) is -3.38. The lowest BCUT2D eigenvalue weighted by Gasteiger charge is -2.42. The number of hydrogen-bond acceptors (Lipinski definition) is 33. The van der Waals surface area contributed by atoms with E-state index in [0.29, 0.717) is 6.42 Å². The monoisotopic (exact) mass is 1490 g/mol. The van der Waals surface area contributed by atoms with Crippen LogP contribution in [0.3, 0.4) is 0 Å². The van der Waals surface area contributed by atoms with Crippen LogP contribution >= 0.6 is 7.82 Å². The number of carbonyl (C=O) groups excluding carboxylic acids is 7. The molecule has 3 rings (SSSR count). The summed E-state index contributed by atoms with van der Waals surface area (Å²) < 4.78 is 89.1. The first kappa shape index (κ1) is 90.7. The van der Waals surface area contributed by atoms with Crippen molar-refractivity contribution < 1.29 is 155 Å². The number of amides is 7. The van der Waals surface area contributed by atoms with Gasteiger partial charge < -0.3 is 154 Å². The zero-order valence-electron chi connectivity index (χ0n) is 58.3. The SMILES string of the molecule is CC(=O)NC1C(OCCOCCOCCNC(=O)CN(CCN(CC(=O)NCCOCCOCCOC2OC(CO)C(O)C(O)C2NC(C)=O)C(=O)CCCCCOP(=O)([O-])OC(C)(C)C)CC(=O)NCCOCCOCCOC2OC(CO)C(O)C(O)C2NC(C)=O)OC(CO)C(O)C1O. The number of rotatable bonds is 53. The molecule has 0 aromatic carbocycles. The van der Waals surface area contributed by atoms with Crippen LogP contribution in [0.1, 0.15) is 67.2 Å². The van der Waals surface area contributed by atoms with Crippen molar-refractivity contribution in [3.63, 3.8) is 0 Å². The number of aliphatic hydroxyl groups is 9. The molecule has 0 aromatic rings. The molecule has 0 spiro atoms. The van der Waals surface area contributed by atoms with E-state index >= 15 is 0 Å². The van der Waals surface area contributed by atoms with Gasteiger partial charge in [-0.2, -0.15) is 0 Å². The maximum absolute atomic E-state index is 13.9. The van der Waals surface area contributed by atoms with Gasteiger partial charge in [-0.05, 0) is 33.6 Å². The average molecular weight is 1490 g/mol. The molecule has 0 bridgehead atoms. The molecule has 7 amide bonds. The highest BCUT2D eigenvalue weighted by molar-refractivity contribution is 7.45. The Labute approximate surface area is 586 Å². The van der Waals surface area contributed by atoms with Crippen LogP contribution in [0.4, 0.5) is 0 Å². The van der Waals surface area contributed by atoms with E-state index in [9.17, 15) is 89.0 Å². The molecule has 3 aliphatic heterocycles. The number of aliphatic hydroxyl groups excluding tert-OH is 9. The fourth-order valence-electron chi connectivity index (χ4n) is 10.0. The van der Waals surface area contributed by atoms with Crippen LogP contribution in [0.2, 0.25) is 0 Å². The van der Waals surface area contributed by atoms with Gasteiger partial charge in [0.05, 0.1) is 151 Å². The Morgan fingerprint density at radius 1 is 0.446 bits per heavy atom. The molecule has 588 valence electrons. The van der Waals surface area contributed by atoms with Gasteiger partial charge in [-0.1, -0.05) is 6.42 Å². The molecular weight excluding hydrogens is 1380 g/mol. The zero-order valence-corrected chi connectivity index (χ0v) is 59.2. The first-order valence-electron chi connectivity index (χ1n) is 33.5. The zero-order chi connectivity index (χ0) is 74.9. The van der Waals surface area contributed by atoms with Crippen LogP contribution < -0.4 is 36.8 Å². The van der Waals surface area contributed by atoms with E-state index in [-0.39, 0.29) is 171 Å². The maximum atomic E-state index is 13.9. The van der Waals surface area contributed by atoms with Crippen molar-refractivity contribution in [2.75, 3.05) is 178 Å². The van der Waals surface area contributed by atoms with Crippen molar-refractivity contribution in [1.82, 2.24) is 41.7 Å². The molecule has 3 aliphatic rings. The quantitative estimate of drug-likeness (QED) is 0.0199. The summed E-state index contributed by atoms with van der Waals surface area (Å²) in [7, 11) is -4.61. The molecule has 0 saturated carbocycles. The summed E-state index contributed by atoms with van der Waals surface area (Å²) in [4.78, 5) is 104. The summed E-state index contributed by atoms with van der Waals surface area (Å²) in [6.45, 7) is 5.34. The predicted molar refractivity (Wildman–Crippen MR) is 344 cm³/mol. The number of hydrogen-bond donors (Lipinski definition) is 15. The minimum absolute atomic E-state index is 0.0105. The highest BCUT2D eigenvalue weighted by Crippen LogP contribution is 2.43. The molecule has 0 aromatic heterocycles. The first-order valence-corrected chi connectivity index (χ1v) is 34.9. The van der Waals surface area contributed by atoms with E-state index in [2.05, 4.69) is 31.9 Å². The number of unbranched alkanes of at least 4 members (excludes halogenated alkanes) is 2. The molecule has 101 heavy (non-hydrogen) atoms. The lowest BCUT2D eigenvalue weighted by atomic mass is 9.97. The van der Waals surface area contributed by atoms with Gasteiger partial charge in [-0.15, -0.1) is 0 Å². The van der Waals surface area contributed by atoms with Crippen LogP contribution in [-0.2, 0) is 104 Å². The molecule has 3 saturated heterocycles. The number of phosphoric ester groups is 1. The minimum atomic E-state index is -4.61. The highest BCUT2D eigenvalue weighted by atomic mass is 31.2. The molecule has 16 atom stereocenters. The summed E-state index contributed by atoms with van der Waals surface area (Å²) >= 11 is 0. The van der Waals surface area contributed by atoms with Gasteiger partial charge in [0.1, 0.15) is 73.1 Å². The number of nitrogens with zero attached hydrogens (tertiary/aromatic N) is 2. The molecule has 3 fully saturated rings. The Kier molecular flexibility index (Phi) is 45.0. The Morgan fingerprint density at radius 3 is 1.10 bits per heavy atom. The molecule has 16 unspecified atom stereocenters. The molecule has 15 N–H and O–H groups in total. The van der Waals surface area contributed by atoms with Crippen molar-refractivity contribution >= 4 is 49.2 Å². The largest absolute Gasteiger partial charge is 0.756 e. The number of ether oxygens (including phenoxy) is 12. The first-order chi connectivity index (χ1) is 48.0. The van der Waals surface area contributed by atoms with Gasteiger partial charge in [0.2, 0.25) is 41.4 Å². The third kappa shape index (κ3) is 37.4. The second kappa shape index (κ2) is 50.1. The van der Waals surface area contributed by atoms with Crippen molar-refractivity contribution in [2.45, 2.75) is 165 Å². The molecule has 0 aliphatic carbocycles. The van der Waals surface area contributed by atoms with E-state index in [0.717, 1.165) is 0 Å². The van der Waals surface area contributed by atoms with Crippen molar-refractivity contribution in [3.05, 3.63) is 0 Å². The summed E-state index contributed by atoms with van der Waals surface area (Å²) in [6.07, 6.45) is -15.2. The lowest BCUT2D eigenvalue weighted by Crippen LogP contribution is -2.64. The van der Waals surface area contributed by atoms with Gasteiger partial charge in [-0.3, -0.25) is 43.0 Å². The summed E-state index contributed by atoms with van der Waals surface area (Å²) in [5.41, 5.74) is -1.02. The molecule has 3 heterocycles. The van der Waals surface area contributed by atoms with Gasteiger partial charge in [0.15, 0.2) is 18.9 Å². The highest BCUT2D eigenvalue weighted by Gasteiger charge is 2.48. The second-order valence-electron chi connectivity index (χ2n) is 24.5. The second-order valence-corrected chi connectivity index (χ2v) is 25.8. The summed E-state index contributed by atoms with van der Waals surface area (Å²) in [5.74, 6) is -3.66. The van der Waals surface area contributed by atoms with Crippen LogP contribution in [0.25, 0.3) is 0 Å². The Morgan fingerprint density at radius 2 is 0.772 bits per heavy atom. The molecule has 41 heteroatoms. The van der Waals surface area contributed by atoms with Crippen LogP contribution in [0.15, 0.2) is 0 Å². The lowest BCUT2D eigenvalue weighted by molar-refractivity contribution is -0.272. The Balaban J connectivity index is 1.57. The van der Waals surface area contributed by atoms with Crippen molar-refractivity contribution in [3.8, 4) is 0 Å². The van der Waals surface area contributed by atoms with Gasteiger partial charge in [-0.25, -0.2) is 0 Å². The van der Waals surface area contributed by atoms with Gasteiger partial charge in [0.25, 0.3) is 7.82 Å². The Bertz CT molecular complexity index is 2350. The van der Waals surface area contributed by atoms with E-state index < -0.39 is 173 Å². The van der Waals surface area contributed by atoms with Crippen molar-refractivity contribution in [1.29, 1.82) is 0 Å². The summed E-state index contributed by atoms with van der Waals surface area (Å²) in [5, 5.41) is 106. The topological polar surface area (TPSA) is 550 Å². The van der Waals surface area contributed by atoms with E-state index in [1.807, 2.05) is 0 Å². The number of phosphoric acid groups is 1. The molecule has 40 nitrogen and oxygen atoms in total. The smallest absolute Gasteiger partial charge is 0.268 e. The van der Waals surface area contributed by atoms with Crippen LogP contribution in [0.5, 0.6) is 0 Å². The third-order valence-electron chi connectivity index (χ3n) is 14.9. The normalized spacial score (nSPS) is 26.0. The molecular formula is C60H110N8O32P-. The predicted octanol–water partition coefficient (Wildman–Crippen LogP) is -8.69. The van der Waals surface area contributed by atoms with Crippen LogP contribution in [0, 0.1) is 0 Å². The fourth-order valence-corrected chi connectivity index (χ4v) is 11.1. The third-order valence-corrected chi connectivity index (χ3v) is 16.2. The van der Waals surface area contributed by atoms with Gasteiger partial charge in [0, 0.05) is 59.9 Å². The number of carbonyl (C=O) groups is 7. The van der Waals surface area contributed by atoms with Crippen molar-refractivity contribution in [2.24, 2.45) is 0 Å². The fraction of sp³-hybridized carbons (Fsp3) is 0.883. The molecule has 0 radical (unpaired) electrons. The average Bonchev–Trinajstić information content (AvgIpc) is 0.822. The minimum Gasteiger partial charge on any atom is -0.756 e. The van der Waals surface area contributed by atoms with Gasteiger partial charge >= 0.3 is 0 Å².